The molecule has 11 heteroatoms. The maximum Gasteiger partial charge on any atom is 0.453 e. The van der Waals surface area contributed by atoms with Gasteiger partial charge in [0.2, 0.25) is 16.9 Å². The topological polar surface area (TPSA) is 95.7 Å². The highest BCUT2D eigenvalue weighted by atomic mass is 32.2. The summed E-state index contributed by atoms with van der Waals surface area (Å²) in [6.07, 6.45) is -4.66. The molecule has 1 aromatic carbocycles. The summed E-state index contributed by atoms with van der Waals surface area (Å²) in [6.45, 7) is 1.96. The number of aryl methyl sites for hydroxylation is 1. The Labute approximate surface area is 138 Å². The number of nitrogens with zero attached hydrogens (tertiary/aromatic N) is 5. The molecule has 0 atom stereocenters. The Hall–Kier alpha value is -2.56. The molecule has 2 heterocycles. The monoisotopic (exact) mass is 356 g/mol. The van der Waals surface area contributed by atoms with Crippen molar-refractivity contribution in [2.45, 2.75) is 24.0 Å². The van der Waals surface area contributed by atoms with Crippen LogP contribution in [0.4, 0.5) is 13.2 Å². The number of thioether (sulfide) groups is 1. The van der Waals surface area contributed by atoms with Gasteiger partial charge in [-0.25, -0.2) is 4.68 Å². The molecule has 7 nitrogen and oxygen atoms in total. The zero-order valence-electron chi connectivity index (χ0n) is 12.3. The van der Waals surface area contributed by atoms with E-state index in [2.05, 4.69) is 20.3 Å². The van der Waals surface area contributed by atoms with Gasteiger partial charge in [0.25, 0.3) is 5.82 Å². The van der Waals surface area contributed by atoms with Crippen molar-refractivity contribution in [2.75, 3.05) is 5.84 Å². The Morgan fingerprint density at radius 2 is 1.92 bits per heavy atom. The molecular weight excluding hydrogens is 345 g/mol. The van der Waals surface area contributed by atoms with E-state index < -0.39 is 12.0 Å². The fraction of sp³-hybridized carbons (Fsp3) is 0.231. The van der Waals surface area contributed by atoms with Gasteiger partial charge in [0.05, 0.1) is 5.75 Å². The maximum atomic E-state index is 12.6. The summed E-state index contributed by atoms with van der Waals surface area (Å²) in [6, 6.07) is 7.53. The largest absolute Gasteiger partial charge is 0.453 e. The Morgan fingerprint density at radius 1 is 1.21 bits per heavy atom. The number of halogens is 3. The summed E-state index contributed by atoms with van der Waals surface area (Å²) in [5.41, 5.74) is 1.88. The van der Waals surface area contributed by atoms with Crippen molar-refractivity contribution in [3.63, 3.8) is 0 Å². The van der Waals surface area contributed by atoms with Gasteiger partial charge in [-0.15, -0.1) is 10.2 Å². The Balaban J connectivity index is 1.70. The second kappa shape index (κ2) is 6.15. The Morgan fingerprint density at radius 3 is 2.54 bits per heavy atom. The van der Waals surface area contributed by atoms with Crippen molar-refractivity contribution >= 4 is 11.8 Å². The van der Waals surface area contributed by atoms with Gasteiger partial charge in [-0.3, -0.25) is 0 Å². The molecule has 0 saturated carbocycles. The number of alkyl halides is 3. The molecule has 0 unspecified atom stereocenters. The first-order valence-corrected chi connectivity index (χ1v) is 7.63. The molecule has 126 valence electrons. The summed E-state index contributed by atoms with van der Waals surface area (Å²) in [5, 5.41) is 10.2. The molecule has 2 N–H and O–H groups in total. The second-order valence-electron chi connectivity index (χ2n) is 4.84. The van der Waals surface area contributed by atoms with Crippen molar-refractivity contribution in [3.05, 3.63) is 41.5 Å². The first-order chi connectivity index (χ1) is 11.3. The summed E-state index contributed by atoms with van der Waals surface area (Å²) >= 11 is 0.916. The van der Waals surface area contributed by atoms with E-state index in [9.17, 15) is 13.2 Å². The van der Waals surface area contributed by atoms with Crippen LogP contribution in [0, 0.1) is 6.92 Å². The third-order valence-electron chi connectivity index (χ3n) is 3.02. The molecule has 0 saturated heterocycles. The van der Waals surface area contributed by atoms with Crippen molar-refractivity contribution in [1.29, 1.82) is 0 Å². The SMILES string of the molecule is Cc1ccc(-c2noc(CSc3nnc(C(F)(F)F)n3N)n2)cc1. The molecule has 3 aromatic rings. The summed E-state index contributed by atoms with van der Waals surface area (Å²) in [5.74, 6) is 4.84. The Kier molecular flexibility index (Phi) is 4.18. The molecule has 3 rings (SSSR count). The fourth-order valence-electron chi connectivity index (χ4n) is 1.83. The quantitative estimate of drug-likeness (QED) is 0.567. The van der Waals surface area contributed by atoms with Crippen molar-refractivity contribution < 1.29 is 17.7 Å². The lowest BCUT2D eigenvalue weighted by Crippen LogP contribution is -2.21. The molecule has 0 fully saturated rings. The van der Waals surface area contributed by atoms with Crippen LogP contribution >= 0.6 is 11.8 Å². The number of nitrogen functional groups attached to an aromatic ring is 1. The van der Waals surface area contributed by atoms with Crippen molar-refractivity contribution in [1.82, 2.24) is 25.0 Å². The van der Waals surface area contributed by atoms with Gasteiger partial charge in [-0.05, 0) is 6.92 Å². The van der Waals surface area contributed by atoms with Gasteiger partial charge in [-0.2, -0.15) is 18.2 Å². The predicted octanol–water partition coefficient (Wildman–Crippen LogP) is 2.66. The van der Waals surface area contributed by atoms with Crippen LogP contribution in [0.1, 0.15) is 17.3 Å². The van der Waals surface area contributed by atoms with E-state index in [1.165, 1.54) is 0 Å². The number of rotatable bonds is 4. The summed E-state index contributed by atoms with van der Waals surface area (Å²) < 4.78 is 43.2. The first-order valence-electron chi connectivity index (χ1n) is 6.64. The normalized spacial score (nSPS) is 11.8. The Bertz CT molecular complexity index is 842. The fourth-order valence-corrected chi connectivity index (χ4v) is 2.52. The lowest BCUT2D eigenvalue weighted by Gasteiger charge is -2.05. The number of hydrogen-bond donors (Lipinski definition) is 1. The van der Waals surface area contributed by atoms with Gasteiger partial charge >= 0.3 is 6.18 Å². The van der Waals surface area contributed by atoms with E-state index in [4.69, 9.17) is 10.4 Å². The molecule has 24 heavy (non-hydrogen) atoms. The third-order valence-corrected chi connectivity index (χ3v) is 3.95. The molecule has 2 aromatic heterocycles. The smallest absolute Gasteiger partial charge is 0.338 e. The van der Waals surface area contributed by atoms with Crippen LogP contribution < -0.4 is 5.84 Å². The van der Waals surface area contributed by atoms with E-state index in [1.807, 2.05) is 31.2 Å². The molecule has 0 aliphatic rings. The van der Waals surface area contributed by atoms with Gasteiger partial charge in [0, 0.05) is 5.56 Å². The van der Waals surface area contributed by atoms with Gasteiger partial charge in [0.15, 0.2) is 0 Å². The van der Waals surface area contributed by atoms with Crippen molar-refractivity contribution in [2.24, 2.45) is 0 Å². The highest BCUT2D eigenvalue weighted by Gasteiger charge is 2.38. The molecule has 0 radical (unpaired) electrons. The highest BCUT2D eigenvalue weighted by Crippen LogP contribution is 2.29. The van der Waals surface area contributed by atoms with Crippen LogP contribution in [0.2, 0.25) is 0 Å². The summed E-state index contributed by atoms with van der Waals surface area (Å²) in [7, 11) is 0. The number of nitrogens with two attached hydrogens (primary N) is 1. The van der Waals surface area contributed by atoms with E-state index in [0.717, 1.165) is 22.9 Å². The minimum Gasteiger partial charge on any atom is -0.338 e. The highest BCUT2D eigenvalue weighted by molar-refractivity contribution is 7.98. The zero-order valence-corrected chi connectivity index (χ0v) is 13.1. The van der Waals surface area contributed by atoms with Crippen LogP contribution in [0.15, 0.2) is 33.9 Å². The van der Waals surface area contributed by atoms with Crippen LogP contribution in [0.3, 0.4) is 0 Å². The zero-order chi connectivity index (χ0) is 17.3. The molecule has 0 aliphatic heterocycles. The van der Waals surface area contributed by atoms with E-state index >= 15 is 0 Å². The van der Waals surface area contributed by atoms with Crippen LogP contribution in [0.5, 0.6) is 0 Å². The van der Waals surface area contributed by atoms with Gasteiger partial charge < -0.3 is 10.4 Å². The van der Waals surface area contributed by atoms with Crippen LogP contribution in [0.25, 0.3) is 11.4 Å². The van der Waals surface area contributed by atoms with Crippen LogP contribution in [-0.2, 0) is 11.9 Å². The second-order valence-corrected chi connectivity index (χ2v) is 5.78. The summed E-state index contributed by atoms with van der Waals surface area (Å²) in [4.78, 5) is 4.19. The van der Waals surface area contributed by atoms with E-state index in [0.29, 0.717) is 10.5 Å². The maximum absolute atomic E-state index is 12.6. The third kappa shape index (κ3) is 3.35. The number of benzene rings is 1. The average Bonchev–Trinajstić information content (AvgIpc) is 3.12. The molecule has 0 spiro atoms. The lowest BCUT2D eigenvalue weighted by molar-refractivity contribution is -0.146. The molecular formula is C13H11F3N6OS. The molecule has 0 bridgehead atoms. The lowest BCUT2D eigenvalue weighted by atomic mass is 10.1. The average molecular weight is 356 g/mol. The minimum atomic E-state index is -4.66. The van der Waals surface area contributed by atoms with Gasteiger partial charge in [0.1, 0.15) is 0 Å². The minimum absolute atomic E-state index is 0.0996. The predicted molar refractivity (Wildman–Crippen MR) is 79.2 cm³/mol. The standard InChI is InChI=1S/C13H11F3N6OS/c1-7-2-4-8(5-3-7)10-18-9(23-21-10)6-24-12-20-19-11(22(12)17)13(14,15)16/h2-5H,6,17H2,1H3. The number of hydrogen-bond acceptors (Lipinski definition) is 7. The number of aromatic nitrogens is 5. The van der Waals surface area contributed by atoms with Crippen molar-refractivity contribution in [3.8, 4) is 11.4 Å². The van der Waals surface area contributed by atoms with E-state index in [-0.39, 0.29) is 16.8 Å². The molecule has 0 amide bonds. The van der Waals surface area contributed by atoms with Gasteiger partial charge in [-0.1, -0.05) is 46.7 Å². The molecule has 0 aliphatic carbocycles. The van der Waals surface area contributed by atoms with E-state index in [1.54, 1.807) is 0 Å². The van der Waals surface area contributed by atoms with Crippen LogP contribution in [-0.4, -0.2) is 25.0 Å². The first kappa shape index (κ1) is 16.3.